The average Bonchev–Trinajstić information content (AvgIpc) is 2.23. The summed E-state index contributed by atoms with van der Waals surface area (Å²) < 4.78 is 26.1. The van der Waals surface area contributed by atoms with Gasteiger partial charge in [-0.3, -0.25) is 0 Å². The summed E-state index contributed by atoms with van der Waals surface area (Å²) in [4.78, 5) is 2.02. The molecule has 0 aromatic rings. The number of likely N-dealkylation sites (N-methyl/N-ethyl adjacent to an activating group) is 2. The van der Waals surface area contributed by atoms with Crippen molar-refractivity contribution < 1.29 is 8.42 Å². The summed E-state index contributed by atoms with van der Waals surface area (Å²) in [5, 5.41) is 3.03. The molecule has 0 saturated carbocycles. The van der Waals surface area contributed by atoms with E-state index in [2.05, 4.69) is 5.32 Å². The van der Waals surface area contributed by atoms with Gasteiger partial charge in [0.15, 0.2) is 0 Å². The van der Waals surface area contributed by atoms with Crippen LogP contribution in [0, 0.1) is 0 Å². The zero-order chi connectivity index (χ0) is 14.2. The van der Waals surface area contributed by atoms with Crippen LogP contribution < -0.4 is 5.32 Å². The van der Waals surface area contributed by atoms with Gasteiger partial charge in [-0.15, -0.1) is 0 Å². The molecule has 5 nitrogen and oxygen atoms in total. The number of hydrogen-bond acceptors (Lipinski definition) is 4. The smallest absolute Gasteiger partial charge is 0.214 e. The van der Waals surface area contributed by atoms with Crippen molar-refractivity contribution in [3.05, 3.63) is 0 Å². The van der Waals surface area contributed by atoms with Crippen molar-refractivity contribution >= 4 is 10.0 Å². The molecule has 110 valence electrons. The van der Waals surface area contributed by atoms with Crippen molar-refractivity contribution in [2.75, 3.05) is 46.5 Å². The maximum absolute atomic E-state index is 12.2. The lowest BCUT2D eigenvalue weighted by molar-refractivity contribution is 0.271. The predicted octanol–water partition coefficient (Wildman–Crippen LogP) is 0.588. The molecule has 1 atom stereocenters. The molecule has 0 aliphatic carbocycles. The maximum atomic E-state index is 12.2. The van der Waals surface area contributed by atoms with Crippen molar-refractivity contribution in [1.82, 2.24) is 14.5 Å². The molecule has 1 unspecified atom stereocenters. The van der Waals surface area contributed by atoms with E-state index in [-0.39, 0.29) is 11.8 Å². The van der Waals surface area contributed by atoms with Gasteiger partial charge in [-0.2, -0.15) is 4.31 Å². The fourth-order valence-corrected chi connectivity index (χ4v) is 3.92. The first kappa shape index (κ1) is 17.8. The number of sulfonamides is 1. The molecule has 0 spiro atoms. The fourth-order valence-electron chi connectivity index (χ4n) is 2.11. The predicted molar refractivity (Wildman–Crippen MR) is 77.3 cm³/mol. The van der Waals surface area contributed by atoms with Gasteiger partial charge >= 0.3 is 0 Å². The van der Waals surface area contributed by atoms with Gasteiger partial charge < -0.3 is 10.2 Å². The molecular weight excluding hydrogens is 250 g/mol. The molecule has 0 bridgehead atoms. The number of unbranched alkanes of at least 4 members (excludes halogenated alkanes) is 1. The van der Waals surface area contributed by atoms with Crippen LogP contribution in [0.25, 0.3) is 0 Å². The summed E-state index contributed by atoms with van der Waals surface area (Å²) in [6.45, 7) is 6.04. The third kappa shape index (κ3) is 6.68. The Hall–Kier alpha value is -0.170. The van der Waals surface area contributed by atoms with E-state index in [0.29, 0.717) is 13.0 Å². The fraction of sp³-hybridized carbons (Fsp3) is 1.00. The van der Waals surface area contributed by atoms with E-state index in [1.54, 1.807) is 4.31 Å². The molecule has 6 heteroatoms. The van der Waals surface area contributed by atoms with Crippen LogP contribution in [-0.2, 0) is 10.0 Å². The summed E-state index contributed by atoms with van der Waals surface area (Å²) in [6.07, 6.45) is 1.61. The molecule has 0 rings (SSSR count). The van der Waals surface area contributed by atoms with E-state index in [4.69, 9.17) is 0 Å². The number of hydrogen-bond donors (Lipinski definition) is 1. The lowest BCUT2D eigenvalue weighted by atomic mass is 10.3. The topological polar surface area (TPSA) is 52.7 Å². The number of nitrogens with one attached hydrogen (secondary N) is 1. The summed E-state index contributed by atoms with van der Waals surface area (Å²) in [5.74, 6) is 0.250. The SMILES string of the molecule is CCN(C(C)CN(C)C)S(=O)(=O)CCCCNC. The second-order valence-corrected chi connectivity index (χ2v) is 6.98. The molecule has 0 amide bonds. The average molecular weight is 279 g/mol. The van der Waals surface area contributed by atoms with Crippen LogP contribution in [0.3, 0.4) is 0 Å². The largest absolute Gasteiger partial charge is 0.320 e. The van der Waals surface area contributed by atoms with Crippen LogP contribution in [0.4, 0.5) is 0 Å². The van der Waals surface area contributed by atoms with Gasteiger partial charge in [0.1, 0.15) is 0 Å². The van der Waals surface area contributed by atoms with Crippen LogP contribution in [-0.4, -0.2) is 70.2 Å². The Morgan fingerprint density at radius 1 is 1.22 bits per heavy atom. The summed E-state index contributed by atoms with van der Waals surface area (Å²) in [7, 11) is 2.69. The number of nitrogens with zero attached hydrogens (tertiary/aromatic N) is 2. The molecule has 0 fully saturated rings. The third-order valence-corrected chi connectivity index (χ3v) is 5.01. The Morgan fingerprint density at radius 3 is 2.28 bits per heavy atom. The first-order valence-corrected chi connectivity index (χ1v) is 8.25. The van der Waals surface area contributed by atoms with E-state index in [1.165, 1.54) is 0 Å². The molecule has 0 aromatic heterocycles. The van der Waals surface area contributed by atoms with Gasteiger partial charge in [0.25, 0.3) is 0 Å². The molecule has 0 heterocycles. The van der Waals surface area contributed by atoms with Crippen LogP contribution in [0.1, 0.15) is 26.7 Å². The standard InChI is InChI=1S/C12H29N3O2S/c1-6-15(12(2)11-14(4)5)18(16,17)10-8-7-9-13-3/h12-13H,6-11H2,1-5H3. The van der Waals surface area contributed by atoms with Crippen LogP contribution in [0.15, 0.2) is 0 Å². The highest BCUT2D eigenvalue weighted by molar-refractivity contribution is 7.89. The highest BCUT2D eigenvalue weighted by Crippen LogP contribution is 2.10. The highest BCUT2D eigenvalue weighted by Gasteiger charge is 2.25. The minimum absolute atomic E-state index is 0.0271. The summed E-state index contributed by atoms with van der Waals surface area (Å²) in [5.41, 5.74) is 0. The van der Waals surface area contributed by atoms with Gasteiger partial charge in [-0.1, -0.05) is 6.92 Å². The van der Waals surface area contributed by atoms with Gasteiger partial charge in [-0.05, 0) is 47.5 Å². The van der Waals surface area contributed by atoms with Gasteiger partial charge in [-0.25, -0.2) is 8.42 Å². The molecule has 18 heavy (non-hydrogen) atoms. The molecule has 0 aromatic carbocycles. The zero-order valence-corrected chi connectivity index (χ0v) is 13.3. The van der Waals surface area contributed by atoms with E-state index in [1.807, 2.05) is 39.9 Å². The summed E-state index contributed by atoms with van der Waals surface area (Å²) >= 11 is 0. The second kappa shape index (κ2) is 8.85. The summed E-state index contributed by atoms with van der Waals surface area (Å²) in [6, 6.07) is 0.0271. The van der Waals surface area contributed by atoms with E-state index >= 15 is 0 Å². The zero-order valence-electron chi connectivity index (χ0n) is 12.4. The van der Waals surface area contributed by atoms with Crippen molar-refractivity contribution in [1.29, 1.82) is 0 Å². The third-order valence-electron chi connectivity index (χ3n) is 2.87. The quantitative estimate of drug-likeness (QED) is 0.595. The van der Waals surface area contributed by atoms with Crippen LogP contribution in [0.2, 0.25) is 0 Å². The van der Waals surface area contributed by atoms with Crippen molar-refractivity contribution in [2.24, 2.45) is 0 Å². The normalized spacial score (nSPS) is 14.4. The Morgan fingerprint density at radius 2 is 1.83 bits per heavy atom. The first-order valence-electron chi connectivity index (χ1n) is 6.64. The Labute approximate surface area is 113 Å². The minimum atomic E-state index is -3.12. The Balaban J connectivity index is 4.42. The number of rotatable bonds is 10. The van der Waals surface area contributed by atoms with Crippen molar-refractivity contribution in [2.45, 2.75) is 32.7 Å². The van der Waals surface area contributed by atoms with E-state index in [0.717, 1.165) is 19.5 Å². The molecule has 1 N–H and O–H groups in total. The first-order chi connectivity index (χ1) is 8.35. The maximum Gasteiger partial charge on any atom is 0.214 e. The lowest BCUT2D eigenvalue weighted by Crippen LogP contribution is -2.44. The van der Waals surface area contributed by atoms with Gasteiger partial charge in [0.05, 0.1) is 5.75 Å². The lowest BCUT2D eigenvalue weighted by Gasteiger charge is -2.29. The molecule has 0 aliphatic rings. The Kier molecular flexibility index (Phi) is 8.77. The van der Waals surface area contributed by atoms with Crippen molar-refractivity contribution in [3.63, 3.8) is 0 Å². The van der Waals surface area contributed by atoms with E-state index < -0.39 is 10.0 Å². The Bertz CT molecular complexity index is 304. The molecular formula is C12H29N3O2S. The highest BCUT2D eigenvalue weighted by atomic mass is 32.2. The molecule has 0 aliphatic heterocycles. The van der Waals surface area contributed by atoms with E-state index in [9.17, 15) is 8.42 Å². The van der Waals surface area contributed by atoms with Crippen LogP contribution >= 0.6 is 0 Å². The second-order valence-electron chi connectivity index (χ2n) is 4.94. The molecule has 0 radical (unpaired) electrons. The van der Waals surface area contributed by atoms with Crippen LogP contribution in [0.5, 0.6) is 0 Å². The van der Waals surface area contributed by atoms with Gasteiger partial charge in [0, 0.05) is 19.1 Å². The molecule has 0 saturated heterocycles. The minimum Gasteiger partial charge on any atom is -0.320 e. The van der Waals surface area contributed by atoms with Gasteiger partial charge in [0.2, 0.25) is 10.0 Å². The van der Waals surface area contributed by atoms with Crippen molar-refractivity contribution in [3.8, 4) is 0 Å². The monoisotopic (exact) mass is 279 g/mol.